The number of ether oxygens (including phenoxy) is 1. The molecular weight excluding hydrogens is 360 g/mol. The Kier molecular flexibility index (Phi) is 4.61. The zero-order valence-corrected chi connectivity index (χ0v) is 15.7. The van der Waals surface area contributed by atoms with Crippen LogP contribution >= 0.6 is 11.6 Å². The van der Waals surface area contributed by atoms with Crippen LogP contribution in [0.25, 0.3) is 0 Å². The monoisotopic (exact) mass is 378 g/mol. The average Bonchev–Trinajstić information content (AvgIpc) is 3.31. The maximum Gasteiger partial charge on any atom is 0.145 e. The van der Waals surface area contributed by atoms with Gasteiger partial charge in [0.1, 0.15) is 17.6 Å². The molecule has 1 saturated heterocycles. The maximum atomic E-state index is 9.51. The van der Waals surface area contributed by atoms with Gasteiger partial charge in [-0.15, -0.1) is 0 Å². The second-order valence-corrected chi connectivity index (χ2v) is 7.14. The Labute approximate surface area is 163 Å². The standard InChI is InChI=1S/C21H19ClN4O/c1-26-14-24-13-20(26)21(8-3-9-25-21)16-7-6-15(12-23)19(10-16)27-18-5-2-4-17(22)11-18/h2,4-7,10-11,13-14,25H,3,8-9H2,1H3. The molecule has 0 saturated carbocycles. The zero-order chi connectivity index (χ0) is 18.9. The predicted octanol–water partition coefficient (Wildman–Crippen LogP) is 4.36. The smallest absolute Gasteiger partial charge is 0.145 e. The molecule has 1 aliphatic rings. The van der Waals surface area contributed by atoms with E-state index in [1.54, 1.807) is 12.1 Å². The summed E-state index contributed by atoms with van der Waals surface area (Å²) in [7, 11) is 2.00. The molecule has 0 bridgehead atoms. The van der Waals surface area contributed by atoms with E-state index in [1.807, 2.05) is 54.5 Å². The molecule has 136 valence electrons. The molecule has 1 aliphatic heterocycles. The van der Waals surface area contributed by atoms with Crippen molar-refractivity contribution in [2.24, 2.45) is 7.05 Å². The van der Waals surface area contributed by atoms with Crippen molar-refractivity contribution in [3.8, 4) is 17.6 Å². The van der Waals surface area contributed by atoms with Crippen LogP contribution in [0.15, 0.2) is 55.0 Å². The molecule has 0 amide bonds. The van der Waals surface area contributed by atoms with Gasteiger partial charge in [0, 0.05) is 12.1 Å². The molecule has 1 unspecified atom stereocenters. The second kappa shape index (κ2) is 7.07. The van der Waals surface area contributed by atoms with Crippen LogP contribution in [-0.2, 0) is 12.6 Å². The molecule has 1 fully saturated rings. The van der Waals surface area contributed by atoms with Crippen molar-refractivity contribution in [1.29, 1.82) is 5.26 Å². The summed E-state index contributed by atoms with van der Waals surface area (Å²) in [5.41, 5.74) is 2.29. The largest absolute Gasteiger partial charge is 0.456 e. The lowest BCUT2D eigenvalue weighted by molar-refractivity contribution is 0.438. The Balaban J connectivity index is 1.80. The minimum atomic E-state index is -0.342. The van der Waals surface area contributed by atoms with E-state index in [1.165, 1.54) is 0 Å². The topological polar surface area (TPSA) is 62.9 Å². The van der Waals surface area contributed by atoms with Crippen LogP contribution in [0.4, 0.5) is 0 Å². The van der Waals surface area contributed by atoms with Gasteiger partial charge >= 0.3 is 0 Å². The van der Waals surface area contributed by atoms with Crippen LogP contribution in [0.3, 0.4) is 0 Å². The molecule has 1 aromatic heterocycles. The van der Waals surface area contributed by atoms with E-state index < -0.39 is 0 Å². The van der Waals surface area contributed by atoms with Crippen LogP contribution in [0.1, 0.15) is 29.7 Å². The van der Waals surface area contributed by atoms with Crippen LogP contribution in [0, 0.1) is 11.3 Å². The number of aromatic nitrogens is 2. The van der Waals surface area contributed by atoms with Crippen molar-refractivity contribution in [2.45, 2.75) is 18.4 Å². The Morgan fingerprint density at radius 3 is 2.85 bits per heavy atom. The first-order valence-corrected chi connectivity index (χ1v) is 9.20. The third kappa shape index (κ3) is 3.18. The molecule has 0 spiro atoms. The minimum absolute atomic E-state index is 0.342. The van der Waals surface area contributed by atoms with Gasteiger partial charge in [0.05, 0.1) is 29.3 Å². The molecule has 5 nitrogen and oxygen atoms in total. The van der Waals surface area contributed by atoms with Crippen molar-refractivity contribution >= 4 is 11.6 Å². The highest BCUT2D eigenvalue weighted by molar-refractivity contribution is 6.30. The number of nitrogens with zero attached hydrogens (tertiary/aromatic N) is 3. The lowest BCUT2D eigenvalue weighted by Gasteiger charge is -2.31. The van der Waals surface area contributed by atoms with E-state index >= 15 is 0 Å². The normalized spacial score (nSPS) is 19.0. The van der Waals surface area contributed by atoms with Crippen LogP contribution in [-0.4, -0.2) is 16.1 Å². The number of nitrogens with one attached hydrogen (secondary N) is 1. The van der Waals surface area contributed by atoms with Crippen LogP contribution in [0.2, 0.25) is 5.02 Å². The van der Waals surface area contributed by atoms with Crippen molar-refractivity contribution in [3.63, 3.8) is 0 Å². The van der Waals surface area contributed by atoms with Gasteiger partial charge in [0.25, 0.3) is 0 Å². The first kappa shape index (κ1) is 17.6. The molecule has 2 heterocycles. The number of benzene rings is 2. The highest BCUT2D eigenvalue weighted by Gasteiger charge is 2.39. The van der Waals surface area contributed by atoms with Gasteiger partial charge in [-0.2, -0.15) is 5.26 Å². The Bertz CT molecular complexity index is 1020. The number of aryl methyl sites for hydroxylation is 1. The minimum Gasteiger partial charge on any atom is -0.456 e. The van der Waals surface area contributed by atoms with Gasteiger partial charge in [-0.3, -0.25) is 0 Å². The first-order chi connectivity index (χ1) is 13.1. The number of halogens is 1. The molecule has 4 rings (SSSR count). The first-order valence-electron chi connectivity index (χ1n) is 8.82. The van der Waals surface area contributed by atoms with Gasteiger partial charge in [-0.05, 0) is 55.3 Å². The van der Waals surface area contributed by atoms with Crippen molar-refractivity contribution in [3.05, 3.63) is 76.8 Å². The van der Waals surface area contributed by atoms with Crippen molar-refractivity contribution in [1.82, 2.24) is 14.9 Å². The lowest BCUT2D eigenvalue weighted by atomic mass is 9.84. The van der Waals surface area contributed by atoms with Crippen molar-refractivity contribution in [2.75, 3.05) is 6.54 Å². The van der Waals surface area contributed by atoms with E-state index in [4.69, 9.17) is 16.3 Å². The molecule has 0 aliphatic carbocycles. The zero-order valence-electron chi connectivity index (χ0n) is 14.9. The Morgan fingerprint density at radius 1 is 1.30 bits per heavy atom. The summed E-state index contributed by atoms with van der Waals surface area (Å²) in [4.78, 5) is 4.30. The molecule has 3 aromatic rings. The molecule has 2 aromatic carbocycles. The highest BCUT2D eigenvalue weighted by atomic mass is 35.5. The summed E-state index contributed by atoms with van der Waals surface area (Å²) in [5.74, 6) is 1.12. The van der Waals surface area contributed by atoms with E-state index in [-0.39, 0.29) is 5.54 Å². The maximum absolute atomic E-state index is 9.51. The van der Waals surface area contributed by atoms with Crippen LogP contribution in [0.5, 0.6) is 11.5 Å². The van der Waals surface area contributed by atoms with Gasteiger partial charge in [0.2, 0.25) is 0 Å². The summed E-state index contributed by atoms with van der Waals surface area (Å²) in [5, 5.41) is 13.7. The van der Waals surface area contributed by atoms with Gasteiger partial charge in [-0.1, -0.05) is 23.7 Å². The SMILES string of the molecule is Cn1cncc1C1(c2ccc(C#N)c(Oc3cccc(Cl)c3)c2)CCCN1. The number of nitriles is 1. The number of hydrogen-bond acceptors (Lipinski definition) is 4. The molecule has 1 N–H and O–H groups in total. The number of rotatable bonds is 4. The fraction of sp³-hybridized carbons (Fsp3) is 0.238. The van der Waals surface area contributed by atoms with Gasteiger partial charge in [0.15, 0.2) is 0 Å². The Hall–Kier alpha value is -2.81. The molecule has 6 heteroatoms. The lowest BCUT2D eigenvalue weighted by Crippen LogP contribution is -2.39. The fourth-order valence-corrected chi connectivity index (χ4v) is 3.93. The quantitative estimate of drug-likeness (QED) is 0.732. The third-order valence-corrected chi connectivity index (χ3v) is 5.26. The molecular formula is C21H19ClN4O. The van der Waals surface area contributed by atoms with Gasteiger partial charge < -0.3 is 14.6 Å². The summed E-state index contributed by atoms with van der Waals surface area (Å²) in [6.45, 7) is 0.926. The number of imidazole rings is 1. The summed E-state index contributed by atoms with van der Waals surface area (Å²) in [6, 6.07) is 15.1. The summed E-state index contributed by atoms with van der Waals surface area (Å²) in [6.07, 6.45) is 5.73. The second-order valence-electron chi connectivity index (χ2n) is 6.71. The van der Waals surface area contributed by atoms with E-state index in [0.717, 1.165) is 30.6 Å². The van der Waals surface area contributed by atoms with Gasteiger partial charge in [-0.25, -0.2) is 4.98 Å². The highest BCUT2D eigenvalue weighted by Crippen LogP contribution is 2.40. The Morgan fingerprint density at radius 2 is 2.19 bits per heavy atom. The molecule has 1 atom stereocenters. The number of hydrogen-bond donors (Lipinski definition) is 1. The molecule has 27 heavy (non-hydrogen) atoms. The van der Waals surface area contributed by atoms with E-state index in [9.17, 15) is 5.26 Å². The van der Waals surface area contributed by atoms with E-state index in [0.29, 0.717) is 22.1 Å². The molecule has 0 radical (unpaired) electrons. The third-order valence-electron chi connectivity index (χ3n) is 5.03. The fourth-order valence-electron chi connectivity index (χ4n) is 3.75. The average molecular weight is 379 g/mol. The van der Waals surface area contributed by atoms with E-state index in [2.05, 4.69) is 16.4 Å². The van der Waals surface area contributed by atoms with Crippen LogP contribution < -0.4 is 10.1 Å². The summed E-state index contributed by atoms with van der Waals surface area (Å²) >= 11 is 6.06. The predicted molar refractivity (Wildman–Crippen MR) is 104 cm³/mol. The summed E-state index contributed by atoms with van der Waals surface area (Å²) < 4.78 is 8.05. The van der Waals surface area contributed by atoms with Crippen molar-refractivity contribution < 1.29 is 4.74 Å².